The zero-order chi connectivity index (χ0) is 11.6. The second kappa shape index (κ2) is 7.63. The molecular weight excluding hydrogens is 200 g/mol. The van der Waals surface area contributed by atoms with Gasteiger partial charge in [-0.05, 0) is 43.7 Å². The summed E-state index contributed by atoms with van der Waals surface area (Å²) in [6.45, 7) is 2.01. The Morgan fingerprint density at radius 3 is 2.75 bits per heavy atom. The lowest BCUT2D eigenvalue weighted by Gasteiger charge is -1.94. The number of aryl methyl sites for hydroxylation is 1. The topological polar surface area (TPSA) is 33.4 Å². The highest BCUT2D eigenvalue weighted by Crippen LogP contribution is 2.11. The summed E-state index contributed by atoms with van der Waals surface area (Å²) in [6.07, 6.45) is 3.26. The molecule has 0 saturated heterocycles. The zero-order valence-electron chi connectivity index (χ0n) is 9.55. The summed E-state index contributed by atoms with van der Waals surface area (Å²) in [6, 6.07) is 3.92. The molecule has 84 valence electrons. The van der Waals surface area contributed by atoms with Crippen molar-refractivity contribution >= 4 is 0 Å². The Bertz CT molecular complexity index is 421. The number of aliphatic hydroxyl groups is 1. The molecule has 1 aromatic heterocycles. The number of hydrogen-bond donors (Lipinski definition) is 1. The van der Waals surface area contributed by atoms with Crippen LogP contribution >= 0.6 is 0 Å². The lowest BCUT2D eigenvalue weighted by atomic mass is 10.2. The molecule has 0 bridgehead atoms. The standard InChI is InChI=1S/C14H16O2/c1-2-3-4-5-8-13-10-11-14(16-13)9-6-7-12-15/h10-11,15H,6-9,12H2,1H3. The second-order valence-electron chi connectivity index (χ2n) is 3.40. The molecule has 0 aliphatic rings. The summed E-state index contributed by atoms with van der Waals surface area (Å²) in [5.74, 6) is 12.9. The van der Waals surface area contributed by atoms with E-state index in [1.54, 1.807) is 6.92 Å². The van der Waals surface area contributed by atoms with E-state index in [0.29, 0.717) is 6.42 Å². The van der Waals surface area contributed by atoms with Gasteiger partial charge in [0.25, 0.3) is 0 Å². The van der Waals surface area contributed by atoms with E-state index in [0.717, 1.165) is 30.8 Å². The van der Waals surface area contributed by atoms with Gasteiger partial charge in [-0.25, -0.2) is 0 Å². The van der Waals surface area contributed by atoms with E-state index < -0.39 is 0 Å². The van der Waals surface area contributed by atoms with Crippen LogP contribution in [0.4, 0.5) is 0 Å². The maximum atomic E-state index is 8.65. The van der Waals surface area contributed by atoms with Gasteiger partial charge in [0.1, 0.15) is 11.5 Å². The lowest BCUT2D eigenvalue weighted by molar-refractivity contribution is 0.283. The van der Waals surface area contributed by atoms with Gasteiger partial charge in [0.15, 0.2) is 0 Å². The van der Waals surface area contributed by atoms with Gasteiger partial charge < -0.3 is 9.52 Å². The van der Waals surface area contributed by atoms with Crippen molar-refractivity contribution in [2.45, 2.75) is 32.6 Å². The molecule has 0 aliphatic carbocycles. The molecule has 0 atom stereocenters. The van der Waals surface area contributed by atoms with Crippen LogP contribution in [0.3, 0.4) is 0 Å². The fourth-order valence-corrected chi connectivity index (χ4v) is 1.30. The first kappa shape index (κ1) is 12.4. The van der Waals surface area contributed by atoms with Crippen molar-refractivity contribution in [2.24, 2.45) is 0 Å². The summed E-state index contributed by atoms with van der Waals surface area (Å²) < 4.78 is 5.58. The normalized spacial score (nSPS) is 8.88. The van der Waals surface area contributed by atoms with Crippen LogP contribution in [0.2, 0.25) is 0 Å². The molecule has 0 unspecified atom stereocenters. The minimum Gasteiger partial charge on any atom is -0.465 e. The fourth-order valence-electron chi connectivity index (χ4n) is 1.30. The van der Waals surface area contributed by atoms with Crippen LogP contribution in [0.25, 0.3) is 0 Å². The Morgan fingerprint density at radius 1 is 1.19 bits per heavy atom. The van der Waals surface area contributed by atoms with Crippen LogP contribution in [0.15, 0.2) is 16.5 Å². The largest absolute Gasteiger partial charge is 0.465 e. The third-order valence-corrected chi connectivity index (χ3v) is 2.09. The molecule has 1 aromatic rings. The molecule has 16 heavy (non-hydrogen) atoms. The van der Waals surface area contributed by atoms with E-state index in [-0.39, 0.29) is 6.61 Å². The zero-order valence-corrected chi connectivity index (χ0v) is 9.55. The summed E-state index contributed by atoms with van der Waals surface area (Å²) in [5, 5.41) is 8.65. The number of aliphatic hydroxyl groups excluding tert-OH is 1. The van der Waals surface area contributed by atoms with Gasteiger partial charge in [-0.15, -0.1) is 0 Å². The van der Waals surface area contributed by atoms with Crippen LogP contribution < -0.4 is 0 Å². The van der Waals surface area contributed by atoms with Crippen LogP contribution in [0, 0.1) is 23.7 Å². The maximum absolute atomic E-state index is 8.65. The number of rotatable bonds is 5. The Balaban J connectivity index is 2.39. The van der Waals surface area contributed by atoms with Crippen LogP contribution in [0.1, 0.15) is 31.3 Å². The van der Waals surface area contributed by atoms with Gasteiger partial charge in [-0.2, -0.15) is 0 Å². The molecule has 0 spiro atoms. The molecule has 2 nitrogen and oxygen atoms in total. The Morgan fingerprint density at radius 2 is 2.00 bits per heavy atom. The van der Waals surface area contributed by atoms with E-state index in [2.05, 4.69) is 23.7 Å². The monoisotopic (exact) mass is 216 g/mol. The third-order valence-electron chi connectivity index (χ3n) is 2.09. The highest BCUT2D eigenvalue weighted by atomic mass is 16.3. The van der Waals surface area contributed by atoms with Gasteiger partial charge in [0.05, 0.1) is 6.42 Å². The molecule has 0 saturated carbocycles. The molecule has 0 amide bonds. The molecule has 0 fully saturated rings. The number of unbranched alkanes of at least 4 members (excludes halogenated alkanes) is 1. The molecule has 0 aromatic carbocycles. The fraction of sp³-hybridized carbons (Fsp3) is 0.429. The first-order chi connectivity index (χ1) is 7.86. The minimum atomic E-state index is 0.245. The van der Waals surface area contributed by atoms with Gasteiger partial charge in [0.2, 0.25) is 0 Å². The van der Waals surface area contributed by atoms with Gasteiger partial charge in [-0.1, -0.05) is 11.8 Å². The number of furan rings is 1. The highest BCUT2D eigenvalue weighted by molar-refractivity contribution is 5.27. The molecule has 2 heteroatoms. The van der Waals surface area contributed by atoms with Crippen molar-refractivity contribution in [3.63, 3.8) is 0 Å². The highest BCUT2D eigenvalue weighted by Gasteiger charge is 2.00. The van der Waals surface area contributed by atoms with Crippen LogP contribution in [-0.2, 0) is 12.8 Å². The smallest absolute Gasteiger partial charge is 0.116 e. The third kappa shape index (κ3) is 4.73. The quantitative estimate of drug-likeness (QED) is 0.604. The average molecular weight is 216 g/mol. The van der Waals surface area contributed by atoms with E-state index >= 15 is 0 Å². The maximum Gasteiger partial charge on any atom is 0.116 e. The summed E-state index contributed by atoms with van der Waals surface area (Å²) in [4.78, 5) is 0. The average Bonchev–Trinajstić information content (AvgIpc) is 2.73. The van der Waals surface area contributed by atoms with Crippen LogP contribution in [0.5, 0.6) is 0 Å². The van der Waals surface area contributed by atoms with Gasteiger partial charge in [0, 0.05) is 13.0 Å². The first-order valence-corrected chi connectivity index (χ1v) is 5.45. The predicted octanol–water partition coefficient (Wildman–Crippen LogP) is 2.16. The first-order valence-electron chi connectivity index (χ1n) is 5.45. The Hall–Kier alpha value is -1.64. The summed E-state index contributed by atoms with van der Waals surface area (Å²) >= 11 is 0. The molecule has 0 radical (unpaired) electrons. The van der Waals surface area contributed by atoms with Gasteiger partial charge in [-0.3, -0.25) is 0 Å². The Kier molecular flexibility index (Phi) is 5.92. The summed E-state index contributed by atoms with van der Waals surface area (Å²) in [5.41, 5.74) is 0. The molecule has 1 heterocycles. The van der Waals surface area contributed by atoms with Gasteiger partial charge >= 0.3 is 0 Å². The Labute approximate surface area is 96.7 Å². The molecule has 1 N–H and O–H groups in total. The van der Waals surface area contributed by atoms with Crippen molar-refractivity contribution in [1.29, 1.82) is 0 Å². The molecular formula is C14H16O2. The van der Waals surface area contributed by atoms with Crippen molar-refractivity contribution < 1.29 is 9.52 Å². The van der Waals surface area contributed by atoms with E-state index in [1.165, 1.54) is 0 Å². The van der Waals surface area contributed by atoms with E-state index in [4.69, 9.17) is 9.52 Å². The summed E-state index contributed by atoms with van der Waals surface area (Å²) in [7, 11) is 0. The number of hydrogen-bond acceptors (Lipinski definition) is 2. The van der Waals surface area contributed by atoms with E-state index in [1.807, 2.05) is 12.1 Å². The van der Waals surface area contributed by atoms with Crippen LogP contribution in [-0.4, -0.2) is 11.7 Å². The second-order valence-corrected chi connectivity index (χ2v) is 3.40. The molecule has 0 aliphatic heterocycles. The SMILES string of the molecule is CC#CC#CCc1ccc(CCCCO)o1. The van der Waals surface area contributed by atoms with E-state index in [9.17, 15) is 0 Å². The van der Waals surface area contributed by atoms with Crippen molar-refractivity contribution in [1.82, 2.24) is 0 Å². The molecule has 1 rings (SSSR count). The predicted molar refractivity (Wildman–Crippen MR) is 63.7 cm³/mol. The van der Waals surface area contributed by atoms with Crippen molar-refractivity contribution in [3.8, 4) is 23.7 Å². The van der Waals surface area contributed by atoms with Crippen molar-refractivity contribution in [3.05, 3.63) is 23.7 Å². The lowest BCUT2D eigenvalue weighted by Crippen LogP contribution is -1.86. The minimum absolute atomic E-state index is 0.245. The van der Waals surface area contributed by atoms with Crippen molar-refractivity contribution in [2.75, 3.05) is 6.61 Å².